The third-order valence-corrected chi connectivity index (χ3v) is 12.4. The van der Waals surface area contributed by atoms with Crippen LogP contribution in [-0.2, 0) is 18.1 Å². The van der Waals surface area contributed by atoms with Crippen molar-refractivity contribution < 1.29 is 18.1 Å². The van der Waals surface area contributed by atoms with E-state index >= 15 is 0 Å². The Morgan fingerprint density at radius 2 is 1.50 bits per heavy atom. The number of hydrogen-bond acceptors (Lipinski definition) is 4. The van der Waals surface area contributed by atoms with Crippen molar-refractivity contribution in [3.05, 3.63) is 0 Å². The van der Waals surface area contributed by atoms with Crippen LogP contribution in [0.25, 0.3) is 0 Å². The summed E-state index contributed by atoms with van der Waals surface area (Å²) in [6.45, 7) is 17.6. The van der Waals surface area contributed by atoms with E-state index < -0.39 is 22.6 Å². The summed E-state index contributed by atoms with van der Waals surface area (Å²) in [7, 11) is -3.74. The fraction of sp³-hybridized carbons (Fsp3) is 0.938. The first-order valence-corrected chi connectivity index (χ1v) is 12.4. The smallest absolute Gasteiger partial charge is 0.402 e. The average molecular weight is 348 g/mol. The van der Waals surface area contributed by atoms with Gasteiger partial charge in [0.1, 0.15) is 5.04 Å². The maximum absolute atomic E-state index is 13.0. The third-order valence-electron chi connectivity index (χ3n) is 4.70. The second-order valence-corrected chi connectivity index (χ2v) is 13.3. The molecule has 131 valence electrons. The number of carbonyl (C=O) groups is 1. The summed E-state index contributed by atoms with van der Waals surface area (Å²) < 4.78 is 17.8. The molecule has 0 aliphatic heterocycles. The molecule has 1 atom stereocenters. The van der Waals surface area contributed by atoms with Crippen molar-refractivity contribution in [2.45, 2.75) is 84.5 Å². The zero-order valence-corrected chi connectivity index (χ0v) is 17.7. The lowest BCUT2D eigenvalue weighted by atomic mass is 10.1. The SMILES string of the molecule is CCO[Si](OCC)C(C)(CC)C(=O)O[Si](CC)(CC)C(C)C. The highest BCUT2D eigenvalue weighted by Gasteiger charge is 2.50. The predicted molar refractivity (Wildman–Crippen MR) is 95.6 cm³/mol. The van der Waals surface area contributed by atoms with Crippen molar-refractivity contribution in [1.82, 2.24) is 0 Å². The van der Waals surface area contributed by atoms with Gasteiger partial charge in [-0.1, -0.05) is 34.6 Å². The van der Waals surface area contributed by atoms with Gasteiger partial charge in [0.05, 0.1) is 0 Å². The summed E-state index contributed by atoms with van der Waals surface area (Å²) in [6.07, 6.45) is 0.677. The molecular formula is C16H35O4Si2. The van der Waals surface area contributed by atoms with Gasteiger partial charge in [0.25, 0.3) is 14.3 Å². The second-order valence-electron chi connectivity index (χ2n) is 6.16. The normalized spacial score (nSPS) is 15.2. The average Bonchev–Trinajstić information content (AvgIpc) is 2.51. The van der Waals surface area contributed by atoms with Gasteiger partial charge in [-0.15, -0.1) is 0 Å². The van der Waals surface area contributed by atoms with Crippen molar-refractivity contribution in [2.24, 2.45) is 0 Å². The van der Waals surface area contributed by atoms with Crippen LogP contribution in [0.15, 0.2) is 0 Å². The monoisotopic (exact) mass is 347 g/mol. The summed E-state index contributed by atoms with van der Waals surface area (Å²) in [4.78, 5) is 13.0. The van der Waals surface area contributed by atoms with E-state index in [1.807, 2.05) is 27.7 Å². The van der Waals surface area contributed by atoms with Crippen LogP contribution < -0.4 is 0 Å². The molecule has 4 nitrogen and oxygen atoms in total. The molecule has 0 rings (SSSR count). The highest BCUT2D eigenvalue weighted by molar-refractivity contribution is 6.76. The Hall–Kier alpha value is -0.176. The molecule has 0 aromatic rings. The first kappa shape index (κ1) is 21.8. The van der Waals surface area contributed by atoms with Crippen LogP contribution in [0, 0.1) is 0 Å². The second kappa shape index (κ2) is 9.85. The highest BCUT2D eigenvalue weighted by Crippen LogP contribution is 2.40. The molecule has 1 radical (unpaired) electrons. The van der Waals surface area contributed by atoms with Crippen LogP contribution in [-0.4, -0.2) is 36.8 Å². The van der Waals surface area contributed by atoms with E-state index in [9.17, 15) is 4.79 Å². The van der Waals surface area contributed by atoms with Gasteiger partial charge in [0.15, 0.2) is 0 Å². The van der Waals surface area contributed by atoms with Gasteiger partial charge in [-0.3, -0.25) is 4.79 Å². The number of hydrogen-bond donors (Lipinski definition) is 0. The summed E-state index contributed by atoms with van der Waals surface area (Å²) in [5.41, 5.74) is 0.419. The van der Waals surface area contributed by atoms with Crippen LogP contribution in [0.2, 0.25) is 22.7 Å². The van der Waals surface area contributed by atoms with E-state index in [2.05, 4.69) is 27.7 Å². The molecule has 0 aromatic heterocycles. The van der Waals surface area contributed by atoms with Gasteiger partial charge in [0, 0.05) is 13.2 Å². The third kappa shape index (κ3) is 4.91. The summed E-state index contributed by atoms with van der Waals surface area (Å²) in [5.74, 6) is -0.116. The lowest BCUT2D eigenvalue weighted by Gasteiger charge is -2.38. The van der Waals surface area contributed by atoms with Gasteiger partial charge in [0.2, 0.25) is 0 Å². The molecule has 0 fully saturated rings. The summed E-state index contributed by atoms with van der Waals surface area (Å²) >= 11 is 0. The fourth-order valence-corrected chi connectivity index (χ4v) is 7.73. The van der Waals surface area contributed by atoms with Crippen LogP contribution in [0.4, 0.5) is 0 Å². The maximum Gasteiger partial charge on any atom is 0.402 e. The molecule has 0 N–H and O–H groups in total. The van der Waals surface area contributed by atoms with E-state index in [1.54, 1.807) is 0 Å². The predicted octanol–water partition coefficient (Wildman–Crippen LogP) is 4.66. The number of rotatable bonds is 11. The van der Waals surface area contributed by atoms with E-state index in [4.69, 9.17) is 13.3 Å². The van der Waals surface area contributed by atoms with Crippen LogP contribution in [0.1, 0.15) is 61.8 Å². The molecule has 0 aliphatic carbocycles. The largest absolute Gasteiger partial charge is 0.518 e. The standard InChI is InChI=1S/C16H35O4Si2/c1-9-16(8,21(18-10-2)19-11-3)15(17)20-22(12-4,13-5)14(6)7/h14H,9-13H2,1-8H3. The highest BCUT2D eigenvalue weighted by atomic mass is 28.4. The van der Waals surface area contributed by atoms with Crippen molar-refractivity contribution in [2.75, 3.05) is 13.2 Å². The quantitative estimate of drug-likeness (QED) is 0.510. The molecule has 0 heterocycles. The Bertz CT molecular complexity index is 326. The lowest BCUT2D eigenvalue weighted by Crippen LogP contribution is -2.49. The first-order valence-electron chi connectivity index (χ1n) is 8.64. The lowest BCUT2D eigenvalue weighted by molar-refractivity contribution is -0.139. The van der Waals surface area contributed by atoms with Crippen LogP contribution in [0.3, 0.4) is 0 Å². The molecule has 22 heavy (non-hydrogen) atoms. The van der Waals surface area contributed by atoms with Crippen molar-refractivity contribution >= 4 is 23.6 Å². The van der Waals surface area contributed by atoms with Crippen LogP contribution in [0.5, 0.6) is 0 Å². The van der Waals surface area contributed by atoms with Crippen molar-refractivity contribution in [3.63, 3.8) is 0 Å². The van der Waals surface area contributed by atoms with E-state index in [0.717, 1.165) is 12.1 Å². The van der Waals surface area contributed by atoms with Gasteiger partial charge in [-0.05, 0) is 44.8 Å². The Morgan fingerprint density at radius 3 is 1.77 bits per heavy atom. The van der Waals surface area contributed by atoms with Crippen molar-refractivity contribution in [3.8, 4) is 0 Å². The van der Waals surface area contributed by atoms with E-state index in [0.29, 0.717) is 25.2 Å². The minimum absolute atomic E-state index is 0.116. The molecular weight excluding hydrogens is 312 g/mol. The topological polar surface area (TPSA) is 44.8 Å². The molecule has 0 amide bonds. The Kier molecular flexibility index (Phi) is 9.77. The molecule has 0 aromatic carbocycles. The van der Waals surface area contributed by atoms with Gasteiger partial charge >= 0.3 is 9.28 Å². The number of carbonyl (C=O) groups excluding carboxylic acids is 1. The Balaban J connectivity index is 5.39. The molecule has 0 saturated carbocycles. The molecule has 0 bridgehead atoms. The summed E-state index contributed by atoms with van der Waals surface area (Å²) in [6, 6.07) is 1.91. The van der Waals surface area contributed by atoms with E-state index in [-0.39, 0.29) is 5.97 Å². The summed E-state index contributed by atoms with van der Waals surface area (Å²) in [5, 5.41) is -0.659. The molecule has 0 aliphatic rings. The molecule has 1 unspecified atom stereocenters. The Morgan fingerprint density at radius 1 is 1.05 bits per heavy atom. The van der Waals surface area contributed by atoms with Gasteiger partial charge < -0.3 is 13.3 Å². The zero-order chi connectivity index (χ0) is 17.4. The molecule has 0 saturated heterocycles. The maximum atomic E-state index is 13.0. The molecule has 6 heteroatoms. The first-order chi connectivity index (χ1) is 10.3. The van der Waals surface area contributed by atoms with Crippen molar-refractivity contribution in [1.29, 1.82) is 0 Å². The van der Waals surface area contributed by atoms with Crippen LogP contribution >= 0.6 is 0 Å². The van der Waals surface area contributed by atoms with E-state index in [1.165, 1.54) is 0 Å². The molecule has 0 spiro atoms. The minimum atomic E-state index is -2.05. The fourth-order valence-electron chi connectivity index (χ4n) is 2.62. The van der Waals surface area contributed by atoms with Gasteiger partial charge in [-0.25, -0.2) is 0 Å². The van der Waals surface area contributed by atoms with Gasteiger partial charge in [-0.2, -0.15) is 0 Å². The minimum Gasteiger partial charge on any atom is -0.518 e. The Labute approximate surface area is 139 Å². The zero-order valence-electron chi connectivity index (χ0n) is 15.7.